The van der Waals surface area contributed by atoms with Gasteiger partial charge in [0, 0.05) is 11.3 Å². The largest absolute Gasteiger partial charge is 0.416 e. The first-order chi connectivity index (χ1) is 8.38. The molecule has 0 radical (unpaired) electrons. The van der Waals surface area contributed by atoms with Crippen LogP contribution in [0.15, 0.2) is 36.4 Å². The molecule has 0 bridgehead atoms. The Morgan fingerprint density at radius 1 is 0.944 bits per heavy atom. The lowest BCUT2D eigenvalue weighted by Gasteiger charge is -2.08. The molecule has 0 atom stereocenters. The average molecular weight is 255 g/mol. The second kappa shape index (κ2) is 4.40. The van der Waals surface area contributed by atoms with E-state index in [1.54, 1.807) is 13.0 Å². The van der Waals surface area contributed by atoms with Crippen LogP contribution in [0.4, 0.5) is 17.6 Å². The lowest BCUT2D eigenvalue weighted by Crippen LogP contribution is -2.04. The van der Waals surface area contributed by atoms with Gasteiger partial charge in [-0.15, -0.1) is 0 Å². The molecule has 18 heavy (non-hydrogen) atoms. The van der Waals surface area contributed by atoms with E-state index in [1.807, 2.05) is 0 Å². The van der Waals surface area contributed by atoms with Crippen molar-refractivity contribution >= 4 is 0 Å². The van der Waals surface area contributed by atoms with Gasteiger partial charge in [-0.3, -0.25) is 0 Å². The van der Waals surface area contributed by atoms with Crippen LogP contribution in [-0.2, 0) is 6.18 Å². The number of rotatable bonds is 1. The first kappa shape index (κ1) is 12.5. The summed E-state index contributed by atoms with van der Waals surface area (Å²) in [7, 11) is 0. The standard InChI is InChI=1S/C13H9F4N/c1-8-2-7-11(12(14)18-8)9-3-5-10(6-4-9)13(15,16)17/h2-7H,1H3. The van der Waals surface area contributed by atoms with Crippen LogP contribution < -0.4 is 0 Å². The summed E-state index contributed by atoms with van der Waals surface area (Å²) in [6.45, 7) is 1.64. The Kier molecular flexibility index (Phi) is 3.07. The third-order valence-corrected chi connectivity index (χ3v) is 2.51. The van der Waals surface area contributed by atoms with Gasteiger partial charge in [0.2, 0.25) is 5.95 Å². The van der Waals surface area contributed by atoms with Crippen LogP contribution in [-0.4, -0.2) is 4.98 Å². The molecule has 0 N–H and O–H groups in total. The van der Waals surface area contributed by atoms with E-state index in [0.717, 1.165) is 12.1 Å². The number of aromatic nitrogens is 1. The van der Waals surface area contributed by atoms with Gasteiger partial charge < -0.3 is 0 Å². The number of hydrogen-bond acceptors (Lipinski definition) is 1. The van der Waals surface area contributed by atoms with Crippen molar-refractivity contribution in [2.75, 3.05) is 0 Å². The van der Waals surface area contributed by atoms with E-state index >= 15 is 0 Å². The minimum Gasteiger partial charge on any atom is -0.225 e. The monoisotopic (exact) mass is 255 g/mol. The number of halogens is 4. The van der Waals surface area contributed by atoms with Gasteiger partial charge in [0.1, 0.15) is 0 Å². The van der Waals surface area contributed by atoms with Crippen molar-refractivity contribution in [3.8, 4) is 11.1 Å². The van der Waals surface area contributed by atoms with Gasteiger partial charge in [-0.2, -0.15) is 17.6 Å². The molecule has 1 heterocycles. The summed E-state index contributed by atoms with van der Waals surface area (Å²) in [6, 6.07) is 7.43. The Morgan fingerprint density at radius 3 is 2.06 bits per heavy atom. The maximum absolute atomic E-state index is 13.5. The summed E-state index contributed by atoms with van der Waals surface area (Å²) in [6.07, 6.45) is -4.39. The first-order valence-corrected chi connectivity index (χ1v) is 5.19. The lowest BCUT2D eigenvalue weighted by molar-refractivity contribution is -0.137. The van der Waals surface area contributed by atoms with E-state index in [2.05, 4.69) is 4.98 Å². The van der Waals surface area contributed by atoms with Gasteiger partial charge in [0.15, 0.2) is 0 Å². The summed E-state index contributed by atoms with van der Waals surface area (Å²) >= 11 is 0. The van der Waals surface area contributed by atoms with Crippen molar-refractivity contribution in [2.24, 2.45) is 0 Å². The second-order valence-corrected chi connectivity index (χ2v) is 3.87. The number of nitrogens with zero attached hydrogens (tertiary/aromatic N) is 1. The fourth-order valence-electron chi connectivity index (χ4n) is 1.58. The molecule has 0 spiro atoms. The quantitative estimate of drug-likeness (QED) is 0.549. The van der Waals surface area contributed by atoms with E-state index in [4.69, 9.17) is 0 Å². The van der Waals surface area contributed by atoms with E-state index < -0.39 is 17.7 Å². The molecular weight excluding hydrogens is 246 g/mol. The van der Waals surface area contributed by atoms with Gasteiger partial charge in [-0.1, -0.05) is 12.1 Å². The van der Waals surface area contributed by atoms with Crippen LogP contribution in [0.2, 0.25) is 0 Å². The van der Waals surface area contributed by atoms with Crippen molar-refractivity contribution in [3.63, 3.8) is 0 Å². The van der Waals surface area contributed by atoms with E-state index in [1.165, 1.54) is 18.2 Å². The Hall–Kier alpha value is -1.91. The molecule has 0 saturated heterocycles. The van der Waals surface area contributed by atoms with Crippen molar-refractivity contribution < 1.29 is 17.6 Å². The molecule has 2 rings (SSSR count). The first-order valence-electron chi connectivity index (χ1n) is 5.19. The zero-order valence-corrected chi connectivity index (χ0v) is 9.42. The summed E-state index contributed by atoms with van der Waals surface area (Å²) in [5, 5.41) is 0. The predicted molar refractivity (Wildman–Crippen MR) is 59.4 cm³/mol. The molecule has 1 aromatic carbocycles. The van der Waals surface area contributed by atoms with Gasteiger partial charge >= 0.3 is 6.18 Å². The normalized spacial score (nSPS) is 11.6. The second-order valence-electron chi connectivity index (χ2n) is 3.87. The third-order valence-electron chi connectivity index (χ3n) is 2.51. The maximum atomic E-state index is 13.5. The van der Waals surface area contributed by atoms with Crippen LogP contribution in [0.3, 0.4) is 0 Å². The molecule has 0 unspecified atom stereocenters. The fraction of sp³-hybridized carbons (Fsp3) is 0.154. The summed E-state index contributed by atoms with van der Waals surface area (Å²) in [4.78, 5) is 3.63. The number of aryl methyl sites for hydroxylation is 1. The van der Waals surface area contributed by atoms with Gasteiger partial charge in [-0.05, 0) is 36.8 Å². The van der Waals surface area contributed by atoms with Gasteiger partial charge in [0.25, 0.3) is 0 Å². The van der Waals surface area contributed by atoms with Gasteiger partial charge in [0.05, 0.1) is 5.56 Å². The van der Waals surface area contributed by atoms with Crippen molar-refractivity contribution in [3.05, 3.63) is 53.6 Å². The molecule has 1 nitrogen and oxygen atoms in total. The van der Waals surface area contributed by atoms with E-state index in [9.17, 15) is 17.6 Å². The van der Waals surface area contributed by atoms with Crippen molar-refractivity contribution in [2.45, 2.75) is 13.1 Å². The summed E-state index contributed by atoms with van der Waals surface area (Å²) < 4.78 is 50.6. The van der Waals surface area contributed by atoms with Crippen LogP contribution in [0, 0.1) is 12.9 Å². The van der Waals surface area contributed by atoms with Crippen molar-refractivity contribution in [1.82, 2.24) is 4.98 Å². The Labute approximate surface area is 101 Å². The average Bonchev–Trinajstić information content (AvgIpc) is 2.28. The molecule has 0 saturated carbocycles. The molecule has 0 aliphatic carbocycles. The molecule has 0 aliphatic rings. The highest BCUT2D eigenvalue weighted by molar-refractivity contribution is 5.63. The SMILES string of the molecule is Cc1ccc(-c2ccc(C(F)(F)F)cc2)c(F)n1. The maximum Gasteiger partial charge on any atom is 0.416 e. The Balaban J connectivity index is 2.41. The van der Waals surface area contributed by atoms with E-state index in [-0.39, 0.29) is 5.56 Å². The summed E-state index contributed by atoms with van der Waals surface area (Å²) in [5.41, 5.74) is 0.317. The minimum atomic E-state index is -4.39. The number of hydrogen-bond donors (Lipinski definition) is 0. The molecule has 0 fully saturated rings. The highest BCUT2D eigenvalue weighted by Gasteiger charge is 2.30. The van der Waals surface area contributed by atoms with Crippen LogP contribution in [0.1, 0.15) is 11.3 Å². The molecule has 94 valence electrons. The van der Waals surface area contributed by atoms with Crippen molar-refractivity contribution in [1.29, 1.82) is 0 Å². The van der Waals surface area contributed by atoms with E-state index in [0.29, 0.717) is 11.3 Å². The van der Waals surface area contributed by atoms with Crippen LogP contribution in [0.5, 0.6) is 0 Å². The number of alkyl halides is 3. The molecule has 5 heteroatoms. The highest BCUT2D eigenvalue weighted by Crippen LogP contribution is 2.31. The topological polar surface area (TPSA) is 12.9 Å². The molecule has 0 amide bonds. The Morgan fingerprint density at radius 2 is 1.56 bits per heavy atom. The third kappa shape index (κ3) is 2.50. The zero-order valence-electron chi connectivity index (χ0n) is 9.42. The predicted octanol–water partition coefficient (Wildman–Crippen LogP) is 4.21. The minimum absolute atomic E-state index is 0.189. The molecule has 1 aromatic heterocycles. The highest BCUT2D eigenvalue weighted by atomic mass is 19.4. The zero-order chi connectivity index (χ0) is 13.3. The molecule has 0 aliphatic heterocycles. The Bertz CT molecular complexity index is 558. The lowest BCUT2D eigenvalue weighted by atomic mass is 10.0. The molecule has 2 aromatic rings. The fourth-order valence-corrected chi connectivity index (χ4v) is 1.58. The smallest absolute Gasteiger partial charge is 0.225 e. The number of pyridine rings is 1. The van der Waals surface area contributed by atoms with Gasteiger partial charge in [-0.25, -0.2) is 4.98 Å². The van der Waals surface area contributed by atoms with Crippen LogP contribution >= 0.6 is 0 Å². The summed E-state index contributed by atoms with van der Waals surface area (Å²) in [5.74, 6) is -0.685. The molecular formula is C13H9F4N. The number of benzene rings is 1. The van der Waals surface area contributed by atoms with Crippen LogP contribution in [0.25, 0.3) is 11.1 Å².